The fraction of sp³-hybridized carbons (Fsp3) is 1.00. The largest absolute Gasteiger partial charge is 0.393 e. The molecule has 0 aromatic carbocycles. The molecular weight excluding hydrogens is 713 g/mol. The lowest BCUT2D eigenvalue weighted by Crippen LogP contribution is -2.50. The Balaban J connectivity index is 0.000000177. The summed E-state index contributed by atoms with van der Waals surface area (Å²) >= 11 is 0. The van der Waals surface area contributed by atoms with Crippen molar-refractivity contribution in [1.82, 2.24) is 0 Å². The summed E-state index contributed by atoms with van der Waals surface area (Å²) in [5.41, 5.74) is 0.282. The lowest BCUT2D eigenvalue weighted by atomic mass is 9.48. The van der Waals surface area contributed by atoms with Crippen molar-refractivity contribution in [3.05, 3.63) is 0 Å². The van der Waals surface area contributed by atoms with Gasteiger partial charge in [-0.25, -0.2) is 0 Å². The maximum atomic E-state index is 10.6. The van der Waals surface area contributed by atoms with E-state index in [0.29, 0.717) is 22.7 Å². The predicted octanol–water partition coefficient (Wildman–Crippen LogP) is 12.9. The molecule has 8 fully saturated rings. The molecule has 0 amide bonds. The van der Waals surface area contributed by atoms with Gasteiger partial charge in [0.05, 0.1) is 23.4 Å². The van der Waals surface area contributed by atoms with Crippen molar-refractivity contribution in [1.29, 1.82) is 0 Å². The summed E-state index contributed by atoms with van der Waals surface area (Å²) in [6.45, 7) is 23.0. The van der Waals surface area contributed by atoms with Gasteiger partial charge in [-0.05, 0) is 261 Å². The van der Waals surface area contributed by atoms with Crippen molar-refractivity contribution in [2.45, 2.75) is 234 Å². The van der Waals surface area contributed by atoms with Gasteiger partial charge in [-0.2, -0.15) is 0 Å². The number of hydrogen-bond acceptors (Lipinski definition) is 4. The van der Waals surface area contributed by atoms with E-state index in [1.165, 1.54) is 103 Å². The molecule has 0 heterocycles. The number of aliphatic hydroxyl groups is 4. The first-order chi connectivity index (χ1) is 27.2. The molecule has 4 heteroatoms. The van der Waals surface area contributed by atoms with Crippen molar-refractivity contribution in [3.63, 3.8) is 0 Å². The van der Waals surface area contributed by atoms with E-state index in [1.54, 1.807) is 0 Å². The van der Waals surface area contributed by atoms with Crippen LogP contribution in [0.15, 0.2) is 0 Å². The second-order valence-corrected chi connectivity index (χ2v) is 25.5. The van der Waals surface area contributed by atoms with Gasteiger partial charge in [0.1, 0.15) is 0 Å². The van der Waals surface area contributed by atoms with E-state index >= 15 is 0 Å². The quantitative estimate of drug-likeness (QED) is 0.177. The van der Waals surface area contributed by atoms with Crippen LogP contribution in [0, 0.1) is 106 Å². The zero-order chi connectivity index (χ0) is 41.9. The van der Waals surface area contributed by atoms with Crippen LogP contribution < -0.4 is 0 Å². The van der Waals surface area contributed by atoms with Crippen molar-refractivity contribution in [3.8, 4) is 0 Å². The molecule has 0 aromatic heterocycles. The monoisotopic (exact) mass is 809 g/mol. The summed E-state index contributed by atoms with van der Waals surface area (Å²) < 4.78 is 0. The molecular formula is C54H96O4. The molecule has 0 radical (unpaired) electrons. The minimum Gasteiger partial charge on any atom is -0.393 e. The number of hydrogen-bond donors (Lipinski definition) is 4. The van der Waals surface area contributed by atoms with Crippen LogP contribution in [0.3, 0.4) is 0 Å². The molecule has 8 rings (SSSR count). The molecule has 0 aromatic rings. The Kier molecular flexibility index (Phi) is 14.1. The van der Waals surface area contributed by atoms with Crippen molar-refractivity contribution in [2.75, 3.05) is 0 Å². The van der Waals surface area contributed by atoms with Crippen molar-refractivity contribution < 1.29 is 20.4 Å². The van der Waals surface area contributed by atoms with Crippen LogP contribution in [-0.4, -0.2) is 43.8 Å². The fourth-order valence-electron chi connectivity index (χ4n) is 18.1. The average molecular weight is 809 g/mol. The fourth-order valence-corrected chi connectivity index (χ4v) is 18.1. The van der Waals surface area contributed by atoms with Crippen LogP contribution in [0.25, 0.3) is 0 Å². The Morgan fingerprint density at radius 1 is 0.414 bits per heavy atom. The molecule has 8 saturated carbocycles. The van der Waals surface area contributed by atoms with Gasteiger partial charge in [-0.1, -0.05) is 55.4 Å². The van der Waals surface area contributed by atoms with Gasteiger partial charge in [-0.3, -0.25) is 0 Å². The summed E-state index contributed by atoms with van der Waals surface area (Å²) in [7, 11) is 0. The normalized spacial score (nSPS) is 49.2. The van der Waals surface area contributed by atoms with E-state index in [0.717, 1.165) is 121 Å². The van der Waals surface area contributed by atoms with Gasteiger partial charge >= 0.3 is 0 Å². The van der Waals surface area contributed by atoms with Crippen LogP contribution in [0.5, 0.6) is 0 Å². The predicted molar refractivity (Wildman–Crippen MR) is 241 cm³/mol. The number of aliphatic hydroxyl groups excluding tert-OH is 2. The molecule has 8 aliphatic carbocycles. The average Bonchev–Trinajstić information content (AvgIpc) is 3.71. The minimum absolute atomic E-state index is 0.128. The third-order valence-electron chi connectivity index (χ3n) is 21.4. The third kappa shape index (κ3) is 9.10. The van der Waals surface area contributed by atoms with Gasteiger partial charge in [0.15, 0.2) is 0 Å². The van der Waals surface area contributed by atoms with Gasteiger partial charge in [-0.15, -0.1) is 0 Å². The molecule has 0 saturated heterocycles. The summed E-state index contributed by atoms with van der Waals surface area (Å²) in [6.07, 6.45) is 27.9. The molecule has 0 bridgehead atoms. The third-order valence-corrected chi connectivity index (χ3v) is 21.4. The lowest BCUT2D eigenvalue weighted by molar-refractivity contribution is -0.103. The SMILES string of the molecule is CC(C)C(O)CC[C@@H](C)[C@H]1CC[C@H]2[C@@H]3CC[C@H]4C[C@@](C)(O)CC[C@@H]4[C@H]3CC[C@]12C.CC(C)[C@@H](O)CC[C@@H](C)[C@H]1CC[C@H]2[C@@H]3CC[C@H]4C[C@@](C)(O)CC[C@@H]4[C@H]3CC[C@]12C. The highest BCUT2D eigenvalue weighted by Crippen LogP contribution is 2.67. The molecule has 336 valence electrons. The molecule has 0 aliphatic heterocycles. The Hall–Kier alpha value is -0.160. The second kappa shape index (κ2) is 17.8. The van der Waals surface area contributed by atoms with Gasteiger partial charge in [0.25, 0.3) is 0 Å². The van der Waals surface area contributed by atoms with Crippen molar-refractivity contribution >= 4 is 0 Å². The molecule has 58 heavy (non-hydrogen) atoms. The smallest absolute Gasteiger partial charge is 0.0622 e. The zero-order valence-electron chi connectivity index (χ0n) is 39.7. The summed E-state index contributed by atoms with van der Waals surface area (Å²) in [4.78, 5) is 0. The lowest BCUT2D eigenvalue weighted by Gasteiger charge is -2.57. The van der Waals surface area contributed by atoms with E-state index in [9.17, 15) is 20.4 Å². The molecule has 4 N–H and O–H groups in total. The Labute approximate surface area is 358 Å². The molecule has 4 nitrogen and oxygen atoms in total. The van der Waals surface area contributed by atoms with E-state index < -0.39 is 11.2 Å². The molecule has 1 unspecified atom stereocenters. The van der Waals surface area contributed by atoms with Gasteiger partial charge < -0.3 is 20.4 Å². The van der Waals surface area contributed by atoms with Crippen LogP contribution in [0.1, 0.15) is 210 Å². The van der Waals surface area contributed by atoms with E-state index in [1.807, 2.05) is 0 Å². The van der Waals surface area contributed by atoms with Crippen LogP contribution in [0.4, 0.5) is 0 Å². The molecule has 20 atom stereocenters. The Bertz CT molecular complexity index is 1240. The van der Waals surface area contributed by atoms with E-state index in [4.69, 9.17) is 0 Å². The summed E-state index contributed by atoms with van der Waals surface area (Å²) in [6, 6.07) is 0. The standard InChI is InChI=1S/2C27H48O2/c2*1-17(2)25(28)11-6-18(3)23-9-10-24-22-8-7-19-16-26(4,29)14-12-20(19)21(22)13-15-27(23,24)5/h2*17-25,28-29H,6-16H2,1-5H3/t18-,19+,20+,21-,22-,23-,24+,25?,26+,27-;18-,19+,20+,21-,22-,23-,24+,25+,26+,27-/m11/s1. The highest BCUT2D eigenvalue weighted by molar-refractivity contribution is 5.09. The van der Waals surface area contributed by atoms with Crippen molar-refractivity contribution in [2.24, 2.45) is 106 Å². The minimum atomic E-state index is -0.397. The maximum absolute atomic E-state index is 10.6. The van der Waals surface area contributed by atoms with Crippen LogP contribution in [0.2, 0.25) is 0 Å². The first kappa shape index (κ1) is 45.9. The highest BCUT2D eigenvalue weighted by Gasteiger charge is 2.60. The number of rotatable bonds is 10. The first-order valence-electron chi connectivity index (χ1n) is 26.1. The Morgan fingerprint density at radius 3 is 1.14 bits per heavy atom. The molecule has 0 spiro atoms. The van der Waals surface area contributed by atoms with Gasteiger partial charge in [0, 0.05) is 0 Å². The maximum Gasteiger partial charge on any atom is 0.0622 e. The Morgan fingerprint density at radius 2 is 0.776 bits per heavy atom. The zero-order valence-corrected chi connectivity index (χ0v) is 39.7. The van der Waals surface area contributed by atoms with Crippen LogP contribution in [-0.2, 0) is 0 Å². The first-order valence-corrected chi connectivity index (χ1v) is 26.1. The molecule has 8 aliphatic rings. The summed E-state index contributed by atoms with van der Waals surface area (Å²) in [5, 5.41) is 41.8. The number of fused-ring (bicyclic) bond motifs is 10. The second-order valence-electron chi connectivity index (χ2n) is 25.5. The van der Waals surface area contributed by atoms with E-state index in [-0.39, 0.29) is 12.2 Å². The highest BCUT2D eigenvalue weighted by atomic mass is 16.3. The van der Waals surface area contributed by atoms with E-state index in [2.05, 4.69) is 69.2 Å². The van der Waals surface area contributed by atoms with Crippen LogP contribution >= 0.6 is 0 Å². The van der Waals surface area contributed by atoms with Gasteiger partial charge in [0.2, 0.25) is 0 Å². The summed E-state index contributed by atoms with van der Waals surface area (Å²) in [5.74, 6) is 13.0. The topological polar surface area (TPSA) is 80.9 Å².